The maximum atomic E-state index is 11.4. The molecule has 4 nitrogen and oxygen atoms in total. The molecule has 0 aromatic heterocycles. The van der Waals surface area contributed by atoms with Crippen molar-refractivity contribution in [2.24, 2.45) is 0 Å². The van der Waals surface area contributed by atoms with Crippen molar-refractivity contribution in [3.63, 3.8) is 0 Å². The second kappa shape index (κ2) is 5.72. The molecule has 0 saturated carbocycles. The van der Waals surface area contributed by atoms with Crippen LogP contribution >= 0.6 is 0 Å². The van der Waals surface area contributed by atoms with Crippen molar-refractivity contribution in [3.05, 3.63) is 41.0 Å². The Labute approximate surface area is 124 Å². The van der Waals surface area contributed by atoms with Crippen molar-refractivity contribution in [3.8, 4) is 0 Å². The zero-order valence-corrected chi connectivity index (χ0v) is 12.4. The molecule has 1 saturated heterocycles. The third-order valence-corrected chi connectivity index (χ3v) is 3.66. The summed E-state index contributed by atoms with van der Waals surface area (Å²) in [6, 6.07) is 6.12. The number of hydrogen-bond donors (Lipinski definition) is 0. The van der Waals surface area contributed by atoms with E-state index < -0.39 is 5.79 Å². The van der Waals surface area contributed by atoms with E-state index in [-0.39, 0.29) is 11.9 Å². The highest BCUT2D eigenvalue weighted by Gasteiger charge is 2.32. The van der Waals surface area contributed by atoms with Crippen molar-refractivity contribution in [2.45, 2.75) is 38.8 Å². The van der Waals surface area contributed by atoms with Crippen LogP contribution in [0.1, 0.15) is 30.5 Å². The van der Waals surface area contributed by atoms with Crippen LogP contribution in [0.5, 0.6) is 0 Å². The van der Waals surface area contributed by atoms with E-state index in [0.717, 1.165) is 16.7 Å². The fraction of sp³-hybridized carbons (Fsp3) is 0.471. The molecule has 3 rings (SSSR count). The first-order valence-electron chi connectivity index (χ1n) is 7.24. The molecule has 2 aliphatic rings. The van der Waals surface area contributed by atoms with Gasteiger partial charge in [0.15, 0.2) is 11.6 Å². The maximum absolute atomic E-state index is 11.4. The number of ketones is 1. The molecule has 4 heteroatoms. The number of ether oxygens (including phenoxy) is 3. The topological polar surface area (TPSA) is 44.8 Å². The fourth-order valence-electron chi connectivity index (χ4n) is 2.65. The molecule has 1 aliphatic heterocycles. The summed E-state index contributed by atoms with van der Waals surface area (Å²) in [5, 5.41) is 0. The van der Waals surface area contributed by atoms with Crippen LogP contribution in [0.25, 0.3) is 6.08 Å². The molecule has 0 bridgehead atoms. The molecule has 0 amide bonds. The highest BCUT2D eigenvalue weighted by molar-refractivity contribution is 5.98. The Hall–Kier alpha value is -1.49. The Morgan fingerprint density at radius 1 is 1.33 bits per heavy atom. The molecule has 1 aromatic carbocycles. The predicted octanol–water partition coefficient (Wildman–Crippen LogP) is 2.49. The van der Waals surface area contributed by atoms with E-state index >= 15 is 0 Å². The van der Waals surface area contributed by atoms with E-state index in [4.69, 9.17) is 14.2 Å². The highest BCUT2D eigenvalue weighted by atomic mass is 16.7. The quantitative estimate of drug-likeness (QED) is 0.854. The Morgan fingerprint density at radius 3 is 2.95 bits per heavy atom. The number of benzene rings is 1. The molecule has 112 valence electrons. The van der Waals surface area contributed by atoms with Gasteiger partial charge in [0.1, 0.15) is 6.10 Å². The monoisotopic (exact) mass is 288 g/mol. The number of fused-ring (bicyclic) bond motifs is 1. The zero-order valence-electron chi connectivity index (χ0n) is 12.4. The van der Waals surface area contributed by atoms with Crippen molar-refractivity contribution < 1.29 is 19.0 Å². The first kappa shape index (κ1) is 14.4. The molecule has 1 unspecified atom stereocenters. The largest absolute Gasteiger partial charge is 0.374 e. The van der Waals surface area contributed by atoms with Crippen LogP contribution in [0.15, 0.2) is 24.3 Å². The van der Waals surface area contributed by atoms with E-state index in [1.54, 1.807) is 6.08 Å². The van der Waals surface area contributed by atoms with Crippen LogP contribution in [0.3, 0.4) is 0 Å². The Bertz CT molecular complexity index is 574. The number of allylic oxidation sites excluding steroid dienone is 1. The van der Waals surface area contributed by atoms with Gasteiger partial charge >= 0.3 is 0 Å². The summed E-state index contributed by atoms with van der Waals surface area (Å²) in [5.41, 5.74) is 3.27. The first-order valence-corrected chi connectivity index (χ1v) is 7.24. The van der Waals surface area contributed by atoms with Crippen LogP contribution in [0.4, 0.5) is 0 Å². The van der Waals surface area contributed by atoms with Crippen LogP contribution in [-0.4, -0.2) is 30.9 Å². The Balaban J connectivity index is 1.53. The number of carbonyl (C=O) groups excluding carboxylic acids is 1. The average Bonchev–Trinajstić information content (AvgIpc) is 2.78. The SMILES string of the molecule is CC1(C)OCC(COCc2ccc3c(c2)CC(=O)C=C3)O1. The lowest BCUT2D eigenvalue weighted by Crippen LogP contribution is -2.24. The van der Waals surface area contributed by atoms with Crippen LogP contribution in [0, 0.1) is 0 Å². The molecule has 0 N–H and O–H groups in total. The predicted molar refractivity (Wildman–Crippen MR) is 78.7 cm³/mol. The van der Waals surface area contributed by atoms with E-state index in [1.807, 2.05) is 38.1 Å². The standard InChI is InChI=1S/C17H20O4/c1-17(2)20-11-16(21-17)10-19-9-12-3-4-13-5-6-15(18)8-14(13)7-12/h3-7,16H,8-11H2,1-2H3. The molecule has 21 heavy (non-hydrogen) atoms. The molecule has 1 aliphatic carbocycles. The van der Waals surface area contributed by atoms with Gasteiger partial charge in [0.2, 0.25) is 0 Å². The number of hydrogen-bond acceptors (Lipinski definition) is 4. The van der Waals surface area contributed by atoms with Crippen molar-refractivity contribution >= 4 is 11.9 Å². The molecular weight excluding hydrogens is 268 g/mol. The third-order valence-electron chi connectivity index (χ3n) is 3.66. The minimum absolute atomic E-state index is 0.0119. The minimum Gasteiger partial charge on any atom is -0.374 e. The molecule has 1 heterocycles. The van der Waals surface area contributed by atoms with Gasteiger partial charge in [-0.25, -0.2) is 0 Å². The van der Waals surface area contributed by atoms with Gasteiger partial charge < -0.3 is 14.2 Å². The second-order valence-corrected chi connectivity index (χ2v) is 5.98. The lowest BCUT2D eigenvalue weighted by molar-refractivity contribution is -0.145. The molecule has 1 aromatic rings. The van der Waals surface area contributed by atoms with Gasteiger partial charge in [-0.3, -0.25) is 4.79 Å². The molecule has 1 atom stereocenters. The highest BCUT2D eigenvalue weighted by Crippen LogP contribution is 2.23. The molecular formula is C17H20O4. The van der Waals surface area contributed by atoms with Gasteiger partial charge in [-0.2, -0.15) is 0 Å². The summed E-state index contributed by atoms with van der Waals surface area (Å²) in [7, 11) is 0. The van der Waals surface area contributed by atoms with Crippen LogP contribution in [0.2, 0.25) is 0 Å². The smallest absolute Gasteiger partial charge is 0.163 e. The third kappa shape index (κ3) is 3.59. The van der Waals surface area contributed by atoms with Crippen LogP contribution < -0.4 is 0 Å². The summed E-state index contributed by atoms with van der Waals surface area (Å²) in [6.07, 6.45) is 3.98. The van der Waals surface area contributed by atoms with Crippen molar-refractivity contribution in [1.82, 2.24) is 0 Å². The lowest BCUT2D eigenvalue weighted by Gasteiger charge is -2.17. The van der Waals surface area contributed by atoms with Gasteiger partial charge in [-0.05, 0) is 36.6 Å². The molecule has 0 radical (unpaired) electrons. The minimum atomic E-state index is -0.507. The van der Waals surface area contributed by atoms with E-state index in [9.17, 15) is 4.79 Å². The molecule has 0 spiro atoms. The average molecular weight is 288 g/mol. The van der Waals surface area contributed by atoms with E-state index in [2.05, 4.69) is 0 Å². The lowest BCUT2D eigenvalue weighted by atomic mass is 9.95. The van der Waals surface area contributed by atoms with Crippen LogP contribution in [-0.2, 0) is 32.0 Å². The molecule has 1 fully saturated rings. The van der Waals surface area contributed by atoms with Gasteiger partial charge in [0.25, 0.3) is 0 Å². The summed E-state index contributed by atoms with van der Waals surface area (Å²) < 4.78 is 16.9. The number of rotatable bonds is 4. The van der Waals surface area contributed by atoms with Crippen molar-refractivity contribution in [2.75, 3.05) is 13.2 Å². The zero-order chi connectivity index (χ0) is 14.9. The van der Waals surface area contributed by atoms with Crippen molar-refractivity contribution in [1.29, 1.82) is 0 Å². The van der Waals surface area contributed by atoms with E-state index in [1.165, 1.54) is 0 Å². The fourth-order valence-corrected chi connectivity index (χ4v) is 2.65. The summed E-state index contributed by atoms with van der Waals surface area (Å²) in [4.78, 5) is 11.4. The Morgan fingerprint density at radius 2 is 2.19 bits per heavy atom. The first-order chi connectivity index (χ1) is 10.0. The number of carbonyl (C=O) groups is 1. The maximum Gasteiger partial charge on any atom is 0.163 e. The van der Waals surface area contributed by atoms with Gasteiger partial charge in [-0.15, -0.1) is 0 Å². The second-order valence-electron chi connectivity index (χ2n) is 5.98. The normalized spacial score (nSPS) is 23.3. The van der Waals surface area contributed by atoms with Gasteiger partial charge in [-0.1, -0.05) is 24.3 Å². The van der Waals surface area contributed by atoms with Gasteiger partial charge in [0.05, 0.1) is 19.8 Å². The van der Waals surface area contributed by atoms with Gasteiger partial charge in [0, 0.05) is 6.42 Å². The van der Waals surface area contributed by atoms with E-state index in [0.29, 0.717) is 26.2 Å². The summed E-state index contributed by atoms with van der Waals surface area (Å²) in [6.45, 7) is 5.41. The summed E-state index contributed by atoms with van der Waals surface area (Å²) >= 11 is 0. The summed E-state index contributed by atoms with van der Waals surface area (Å²) in [5.74, 6) is -0.355. The Kier molecular flexibility index (Phi) is 3.93.